The average molecular weight is 487 g/mol. The molecule has 0 aliphatic heterocycles. The van der Waals surface area contributed by atoms with Gasteiger partial charge in [-0.3, -0.25) is 4.79 Å². The summed E-state index contributed by atoms with van der Waals surface area (Å²) in [6.45, 7) is 10.5. The number of hydrogen-bond donors (Lipinski definition) is 0. The van der Waals surface area contributed by atoms with Crippen LogP contribution < -0.4 is 4.74 Å². The Balaban J connectivity index is 1.58. The number of carbonyl (C=O) groups excluding carboxylic acids is 1. The molecule has 1 aliphatic rings. The number of ether oxygens (including phenoxy) is 2. The Morgan fingerprint density at radius 3 is 2.11 bits per heavy atom. The second-order valence-electron chi connectivity index (χ2n) is 11.5. The van der Waals surface area contributed by atoms with Crippen LogP contribution in [0.2, 0.25) is 0 Å². The van der Waals surface area contributed by atoms with Crippen LogP contribution in [0.15, 0.2) is 24.3 Å². The number of esters is 1. The molecule has 1 unspecified atom stereocenters. The third-order valence-electron chi connectivity index (χ3n) is 7.76. The van der Waals surface area contributed by atoms with Gasteiger partial charge in [0.05, 0.1) is 19.1 Å². The molecular weight excluding hydrogens is 432 g/mol. The van der Waals surface area contributed by atoms with Crippen LogP contribution in [0.5, 0.6) is 5.75 Å². The summed E-state index contributed by atoms with van der Waals surface area (Å²) in [7, 11) is 0. The summed E-state index contributed by atoms with van der Waals surface area (Å²) in [4.78, 5) is 12.5. The van der Waals surface area contributed by atoms with Crippen molar-refractivity contribution in [3.05, 3.63) is 29.8 Å². The number of hydrogen-bond acceptors (Lipinski definition) is 3. The quantitative estimate of drug-likeness (QED) is 0.153. The molecule has 0 bridgehead atoms. The van der Waals surface area contributed by atoms with Gasteiger partial charge in [0.15, 0.2) is 0 Å². The molecule has 0 radical (unpaired) electrons. The van der Waals surface area contributed by atoms with Crippen LogP contribution >= 0.6 is 0 Å². The molecule has 0 amide bonds. The molecule has 1 aliphatic carbocycles. The highest BCUT2D eigenvalue weighted by Crippen LogP contribution is 2.36. The zero-order chi connectivity index (χ0) is 25.3. The SMILES string of the molecule is CCCCCCCCCOc1ccc(C2CCC(C(=O)OCCC(C)CCCC(C)C)CC2)cc1. The molecule has 0 spiro atoms. The lowest BCUT2D eigenvalue weighted by Crippen LogP contribution is -2.23. The van der Waals surface area contributed by atoms with Gasteiger partial charge in [-0.05, 0) is 74.0 Å². The van der Waals surface area contributed by atoms with Gasteiger partial charge in [-0.25, -0.2) is 0 Å². The standard InChI is InChI=1S/C32H54O3/c1-5-6-7-8-9-10-11-24-34-31-21-19-29(20-22-31)28-15-17-30(18-16-28)32(33)35-25-23-27(4)14-12-13-26(2)3/h19-22,26-28,30H,5-18,23-25H2,1-4H3. The molecule has 3 nitrogen and oxygen atoms in total. The van der Waals surface area contributed by atoms with Crippen molar-refractivity contribution in [1.82, 2.24) is 0 Å². The van der Waals surface area contributed by atoms with Gasteiger partial charge < -0.3 is 9.47 Å². The zero-order valence-corrected chi connectivity index (χ0v) is 23.4. The van der Waals surface area contributed by atoms with E-state index in [0.29, 0.717) is 18.4 Å². The third kappa shape index (κ3) is 12.8. The van der Waals surface area contributed by atoms with Gasteiger partial charge in [-0.1, -0.05) is 97.6 Å². The van der Waals surface area contributed by atoms with E-state index in [9.17, 15) is 4.79 Å². The fourth-order valence-corrected chi connectivity index (χ4v) is 5.25. The number of rotatable bonds is 18. The van der Waals surface area contributed by atoms with E-state index < -0.39 is 0 Å². The molecule has 2 rings (SSSR count). The summed E-state index contributed by atoms with van der Waals surface area (Å²) < 4.78 is 11.6. The van der Waals surface area contributed by atoms with Gasteiger partial charge in [-0.15, -0.1) is 0 Å². The van der Waals surface area contributed by atoms with E-state index in [1.165, 1.54) is 63.4 Å². The van der Waals surface area contributed by atoms with Crippen LogP contribution in [0.3, 0.4) is 0 Å². The average Bonchev–Trinajstić information content (AvgIpc) is 2.86. The predicted molar refractivity (Wildman–Crippen MR) is 148 cm³/mol. The van der Waals surface area contributed by atoms with E-state index in [1.54, 1.807) is 0 Å². The minimum atomic E-state index is 0.0342. The van der Waals surface area contributed by atoms with Crippen molar-refractivity contribution >= 4 is 5.97 Å². The van der Waals surface area contributed by atoms with Crippen LogP contribution in [0.4, 0.5) is 0 Å². The Bertz CT molecular complexity index is 658. The van der Waals surface area contributed by atoms with Crippen LogP contribution in [-0.4, -0.2) is 19.2 Å². The highest BCUT2D eigenvalue weighted by atomic mass is 16.5. The molecule has 1 atom stereocenters. The highest BCUT2D eigenvalue weighted by molar-refractivity contribution is 5.72. The Hall–Kier alpha value is -1.51. The van der Waals surface area contributed by atoms with Gasteiger partial charge in [-0.2, -0.15) is 0 Å². The second-order valence-corrected chi connectivity index (χ2v) is 11.5. The summed E-state index contributed by atoms with van der Waals surface area (Å²) in [6, 6.07) is 8.70. The van der Waals surface area contributed by atoms with E-state index in [1.807, 2.05) is 0 Å². The molecule has 35 heavy (non-hydrogen) atoms. The lowest BCUT2D eigenvalue weighted by Gasteiger charge is -2.27. The van der Waals surface area contributed by atoms with Crippen LogP contribution in [0.25, 0.3) is 0 Å². The first-order valence-electron chi connectivity index (χ1n) is 14.9. The molecule has 1 aromatic carbocycles. The minimum Gasteiger partial charge on any atom is -0.494 e. The summed E-state index contributed by atoms with van der Waals surface area (Å²) in [5.74, 6) is 3.08. The number of carbonyl (C=O) groups is 1. The van der Waals surface area contributed by atoms with E-state index in [0.717, 1.165) is 56.8 Å². The van der Waals surface area contributed by atoms with Crippen LogP contribution in [-0.2, 0) is 9.53 Å². The molecular formula is C32H54O3. The molecule has 0 saturated heterocycles. The second kappa shape index (κ2) is 17.8. The van der Waals surface area contributed by atoms with E-state index in [-0.39, 0.29) is 11.9 Å². The Morgan fingerprint density at radius 1 is 0.800 bits per heavy atom. The molecule has 1 saturated carbocycles. The van der Waals surface area contributed by atoms with E-state index in [2.05, 4.69) is 52.0 Å². The Kier molecular flexibility index (Phi) is 15.2. The first kappa shape index (κ1) is 29.7. The van der Waals surface area contributed by atoms with Crippen molar-refractivity contribution in [2.45, 2.75) is 130 Å². The molecule has 200 valence electrons. The maximum absolute atomic E-state index is 12.5. The maximum atomic E-state index is 12.5. The van der Waals surface area contributed by atoms with Crippen LogP contribution in [0, 0.1) is 17.8 Å². The Morgan fingerprint density at radius 2 is 1.46 bits per heavy atom. The fourth-order valence-electron chi connectivity index (χ4n) is 5.25. The van der Waals surface area contributed by atoms with Crippen molar-refractivity contribution in [1.29, 1.82) is 0 Å². The molecule has 0 heterocycles. The lowest BCUT2D eigenvalue weighted by molar-refractivity contribution is -0.150. The number of benzene rings is 1. The zero-order valence-electron chi connectivity index (χ0n) is 23.4. The highest BCUT2D eigenvalue weighted by Gasteiger charge is 2.28. The predicted octanol–water partition coefficient (Wildman–Crippen LogP) is 9.49. The van der Waals surface area contributed by atoms with Crippen molar-refractivity contribution in [3.8, 4) is 5.75 Å². The first-order chi connectivity index (χ1) is 17.0. The van der Waals surface area contributed by atoms with Crippen molar-refractivity contribution in [2.75, 3.05) is 13.2 Å². The monoisotopic (exact) mass is 486 g/mol. The van der Waals surface area contributed by atoms with E-state index in [4.69, 9.17) is 9.47 Å². The first-order valence-corrected chi connectivity index (χ1v) is 14.9. The van der Waals surface area contributed by atoms with Gasteiger partial charge in [0.1, 0.15) is 5.75 Å². The van der Waals surface area contributed by atoms with Gasteiger partial charge >= 0.3 is 5.97 Å². The fraction of sp³-hybridized carbons (Fsp3) is 0.781. The minimum absolute atomic E-state index is 0.0342. The molecule has 1 aromatic rings. The van der Waals surface area contributed by atoms with Crippen molar-refractivity contribution in [3.63, 3.8) is 0 Å². The molecule has 1 fully saturated rings. The largest absolute Gasteiger partial charge is 0.494 e. The van der Waals surface area contributed by atoms with Gasteiger partial charge in [0.25, 0.3) is 0 Å². The number of unbranched alkanes of at least 4 members (excludes halogenated alkanes) is 6. The normalized spacial score (nSPS) is 19.0. The van der Waals surface area contributed by atoms with E-state index >= 15 is 0 Å². The summed E-state index contributed by atoms with van der Waals surface area (Å²) in [5, 5.41) is 0. The van der Waals surface area contributed by atoms with Crippen LogP contribution in [0.1, 0.15) is 135 Å². The summed E-state index contributed by atoms with van der Waals surface area (Å²) >= 11 is 0. The van der Waals surface area contributed by atoms with Gasteiger partial charge in [0, 0.05) is 0 Å². The summed E-state index contributed by atoms with van der Waals surface area (Å²) in [6.07, 6.45) is 18.0. The lowest BCUT2D eigenvalue weighted by atomic mass is 9.79. The van der Waals surface area contributed by atoms with Gasteiger partial charge in [0.2, 0.25) is 0 Å². The topological polar surface area (TPSA) is 35.5 Å². The summed E-state index contributed by atoms with van der Waals surface area (Å²) in [5.41, 5.74) is 1.38. The molecule has 3 heteroatoms. The van der Waals surface area contributed by atoms with Crippen molar-refractivity contribution in [2.24, 2.45) is 17.8 Å². The molecule has 0 N–H and O–H groups in total. The maximum Gasteiger partial charge on any atom is 0.308 e. The third-order valence-corrected chi connectivity index (χ3v) is 7.76. The Labute approximate surface area is 216 Å². The van der Waals surface area contributed by atoms with Crippen molar-refractivity contribution < 1.29 is 14.3 Å². The smallest absolute Gasteiger partial charge is 0.308 e. The molecule has 0 aromatic heterocycles.